The predicted octanol–water partition coefficient (Wildman–Crippen LogP) is -0.500. The molecule has 1 aliphatic rings. The molecular formula is C11H22N2O3. The fourth-order valence-electron chi connectivity index (χ4n) is 1.64. The summed E-state index contributed by atoms with van der Waals surface area (Å²) < 4.78 is 5.44. The van der Waals surface area contributed by atoms with Crippen molar-refractivity contribution in [1.82, 2.24) is 10.6 Å². The lowest BCUT2D eigenvalue weighted by atomic mass is 10.1. The van der Waals surface area contributed by atoms with Gasteiger partial charge in [-0.25, -0.2) is 0 Å². The van der Waals surface area contributed by atoms with Gasteiger partial charge in [-0.15, -0.1) is 0 Å². The number of aliphatic hydroxyl groups is 1. The fourth-order valence-corrected chi connectivity index (χ4v) is 1.64. The molecule has 0 radical (unpaired) electrons. The minimum atomic E-state index is 0.00176. The van der Waals surface area contributed by atoms with E-state index in [0.29, 0.717) is 25.5 Å². The Hall–Kier alpha value is -0.650. The standard InChI is InChI=1S/C11H22N2O3/c1-9(2-4-14)7-13-11(15)6-10-8-12-3-5-16-10/h9-10,12,14H,2-8H2,1H3,(H,13,15). The SMILES string of the molecule is CC(CCO)CNC(=O)CC1CNCCO1. The first-order valence-electron chi connectivity index (χ1n) is 5.92. The van der Waals surface area contributed by atoms with Crippen molar-refractivity contribution in [3.8, 4) is 0 Å². The number of carbonyl (C=O) groups excluding carboxylic acids is 1. The van der Waals surface area contributed by atoms with Crippen LogP contribution in [0, 0.1) is 5.92 Å². The molecular weight excluding hydrogens is 208 g/mol. The van der Waals surface area contributed by atoms with E-state index in [2.05, 4.69) is 10.6 Å². The van der Waals surface area contributed by atoms with Gasteiger partial charge < -0.3 is 20.5 Å². The molecule has 0 spiro atoms. The quantitative estimate of drug-likeness (QED) is 0.575. The van der Waals surface area contributed by atoms with Crippen molar-refractivity contribution in [1.29, 1.82) is 0 Å². The Kier molecular flexibility index (Phi) is 6.37. The molecule has 2 atom stereocenters. The van der Waals surface area contributed by atoms with Crippen LogP contribution in [-0.4, -0.2) is 50.0 Å². The van der Waals surface area contributed by atoms with Crippen LogP contribution >= 0.6 is 0 Å². The number of amides is 1. The highest BCUT2D eigenvalue weighted by molar-refractivity contribution is 5.76. The van der Waals surface area contributed by atoms with E-state index in [4.69, 9.17) is 9.84 Å². The van der Waals surface area contributed by atoms with Crippen LogP contribution in [0.4, 0.5) is 0 Å². The van der Waals surface area contributed by atoms with Crippen LogP contribution < -0.4 is 10.6 Å². The van der Waals surface area contributed by atoms with Crippen LogP contribution in [0.5, 0.6) is 0 Å². The third kappa shape index (κ3) is 5.44. The van der Waals surface area contributed by atoms with E-state index in [-0.39, 0.29) is 18.6 Å². The molecule has 5 nitrogen and oxygen atoms in total. The topological polar surface area (TPSA) is 70.6 Å². The van der Waals surface area contributed by atoms with Crippen LogP contribution in [0.1, 0.15) is 19.8 Å². The average molecular weight is 230 g/mol. The lowest BCUT2D eigenvalue weighted by molar-refractivity contribution is -0.124. The molecule has 0 aliphatic carbocycles. The number of aliphatic hydroxyl groups excluding tert-OH is 1. The van der Waals surface area contributed by atoms with E-state index in [1.807, 2.05) is 6.92 Å². The number of rotatable bonds is 6. The smallest absolute Gasteiger partial charge is 0.222 e. The highest BCUT2D eigenvalue weighted by atomic mass is 16.5. The molecule has 3 N–H and O–H groups in total. The molecule has 94 valence electrons. The van der Waals surface area contributed by atoms with Crippen molar-refractivity contribution in [2.45, 2.75) is 25.9 Å². The Morgan fingerprint density at radius 1 is 1.69 bits per heavy atom. The number of ether oxygens (including phenoxy) is 1. The number of nitrogens with one attached hydrogen (secondary N) is 2. The van der Waals surface area contributed by atoms with Crippen LogP contribution in [0.3, 0.4) is 0 Å². The van der Waals surface area contributed by atoms with Gasteiger partial charge in [0.05, 0.1) is 19.1 Å². The Balaban J connectivity index is 2.10. The third-order valence-corrected chi connectivity index (χ3v) is 2.69. The van der Waals surface area contributed by atoms with E-state index < -0.39 is 0 Å². The molecule has 0 aromatic rings. The summed E-state index contributed by atoms with van der Waals surface area (Å²) in [5.41, 5.74) is 0. The summed E-state index contributed by atoms with van der Waals surface area (Å²) in [6.07, 6.45) is 1.14. The molecule has 1 saturated heterocycles. The maximum atomic E-state index is 11.5. The third-order valence-electron chi connectivity index (χ3n) is 2.69. The Labute approximate surface area is 96.6 Å². The molecule has 0 aromatic carbocycles. The molecule has 2 unspecified atom stereocenters. The van der Waals surface area contributed by atoms with E-state index in [0.717, 1.165) is 19.5 Å². The van der Waals surface area contributed by atoms with E-state index in [1.54, 1.807) is 0 Å². The lowest BCUT2D eigenvalue weighted by Crippen LogP contribution is -2.42. The molecule has 16 heavy (non-hydrogen) atoms. The average Bonchev–Trinajstić information content (AvgIpc) is 2.28. The monoisotopic (exact) mass is 230 g/mol. The first-order valence-corrected chi connectivity index (χ1v) is 5.92. The van der Waals surface area contributed by atoms with Crippen molar-refractivity contribution in [2.75, 3.05) is 32.8 Å². The Morgan fingerprint density at radius 3 is 3.12 bits per heavy atom. The van der Waals surface area contributed by atoms with Crippen molar-refractivity contribution >= 4 is 5.91 Å². The highest BCUT2D eigenvalue weighted by Gasteiger charge is 2.17. The largest absolute Gasteiger partial charge is 0.396 e. The minimum Gasteiger partial charge on any atom is -0.396 e. The maximum Gasteiger partial charge on any atom is 0.222 e. The van der Waals surface area contributed by atoms with Gasteiger partial charge >= 0.3 is 0 Å². The summed E-state index contributed by atoms with van der Waals surface area (Å²) in [5.74, 6) is 0.345. The molecule has 0 bridgehead atoms. The zero-order valence-corrected chi connectivity index (χ0v) is 9.87. The van der Waals surface area contributed by atoms with Gasteiger partial charge in [0, 0.05) is 26.2 Å². The molecule has 1 amide bonds. The van der Waals surface area contributed by atoms with Crippen molar-refractivity contribution in [2.24, 2.45) is 5.92 Å². The molecule has 1 heterocycles. The van der Waals surface area contributed by atoms with Crippen molar-refractivity contribution < 1.29 is 14.6 Å². The predicted molar refractivity (Wildman–Crippen MR) is 61.1 cm³/mol. The van der Waals surface area contributed by atoms with Gasteiger partial charge in [0.15, 0.2) is 0 Å². The summed E-state index contributed by atoms with van der Waals surface area (Å²) >= 11 is 0. The number of morpholine rings is 1. The molecule has 0 saturated carbocycles. The van der Waals surface area contributed by atoms with Crippen molar-refractivity contribution in [3.05, 3.63) is 0 Å². The number of hydrogen-bond acceptors (Lipinski definition) is 4. The summed E-state index contributed by atoms with van der Waals surface area (Å²) in [7, 11) is 0. The van der Waals surface area contributed by atoms with Gasteiger partial charge in [0.1, 0.15) is 0 Å². The van der Waals surface area contributed by atoms with Gasteiger partial charge in [-0.05, 0) is 12.3 Å². The molecule has 1 fully saturated rings. The Morgan fingerprint density at radius 2 is 2.50 bits per heavy atom. The summed E-state index contributed by atoms with van der Waals surface area (Å²) in [6, 6.07) is 0. The van der Waals surface area contributed by atoms with E-state index >= 15 is 0 Å². The summed E-state index contributed by atoms with van der Waals surface area (Å²) in [6.45, 7) is 5.10. The second kappa shape index (κ2) is 7.60. The maximum absolute atomic E-state index is 11.5. The van der Waals surface area contributed by atoms with Crippen LogP contribution in [-0.2, 0) is 9.53 Å². The molecule has 1 rings (SSSR count). The molecule has 5 heteroatoms. The highest BCUT2D eigenvalue weighted by Crippen LogP contribution is 2.02. The first kappa shape index (κ1) is 13.4. The fraction of sp³-hybridized carbons (Fsp3) is 0.909. The Bertz CT molecular complexity index is 205. The molecule has 1 aliphatic heterocycles. The van der Waals surface area contributed by atoms with Crippen LogP contribution in [0.25, 0.3) is 0 Å². The normalized spacial score (nSPS) is 22.8. The first-order chi connectivity index (χ1) is 7.72. The molecule has 0 aromatic heterocycles. The second-order valence-corrected chi connectivity index (χ2v) is 4.32. The van der Waals surface area contributed by atoms with E-state index in [9.17, 15) is 4.79 Å². The minimum absolute atomic E-state index is 0.00176. The second-order valence-electron chi connectivity index (χ2n) is 4.32. The van der Waals surface area contributed by atoms with Gasteiger partial charge in [0.2, 0.25) is 5.91 Å². The van der Waals surface area contributed by atoms with E-state index in [1.165, 1.54) is 0 Å². The number of hydrogen-bond donors (Lipinski definition) is 3. The summed E-state index contributed by atoms with van der Waals surface area (Å²) in [5, 5.41) is 14.8. The van der Waals surface area contributed by atoms with Gasteiger partial charge in [0.25, 0.3) is 0 Å². The van der Waals surface area contributed by atoms with Crippen LogP contribution in [0.2, 0.25) is 0 Å². The van der Waals surface area contributed by atoms with Gasteiger partial charge in [-0.2, -0.15) is 0 Å². The number of carbonyl (C=O) groups is 1. The van der Waals surface area contributed by atoms with Gasteiger partial charge in [-0.3, -0.25) is 4.79 Å². The lowest BCUT2D eigenvalue weighted by Gasteiger charge is -2.23. The van der Waals surface area contributed by atoms with Gasteiger partial charge in [-0.1, -0.05) is 6.92 Å². The van der Waals surface area contributed by atoms with Crippen molar-refractivity contribution in [3.63, 3.8) is 0 Å². The summed E-state index contributed by atoms with van der Waals surface area (Å²) in [4.78, 5) is 11.5. The zero-order valence-electron chi connectivity index (χ0n) is 9.87. The van der Waals surface area contributed by atoms with Crippen LogP contribution in [0.15, 0.2) is 0 Å². The zero-order chi connectivity index (χ0) is 11.8.